The van der Waals surface area contributed by atoms with Crippen molar-refractivity contribution in [3.05, 3.63) is 92.6 Å². The number of nitrogens with one attached hydrogen (secondary N) is 3. The molecule has 184 valence electrons. The Balaban J connectivity index is 1.37. The summed E-state index contributed by atoms with van der Waals surface area (Å²) in [6.07, 6.45) is 3.32. The molecule has 1 aliphatic rings. The lowest BCUT2D eigenvalue weighted by Crippen LogP contribution is -2.37. The SMILES string of the molecule is CC1=NN(c2ccc(C)c(C)c2)C(=O)/C1=C(/C)NNC(=O)c1ccc(C(=O)NCc2ccncc2)s1. The molecule has 4 rings (SSSR count). The Bertz CT molecular complexity index is 1390. The number of hydrogen-bond acceptors (Lipinski definition) is 7. The van der Waals surface area contributed by atoms with Gasteiger partial charge in [0, 0.05) is 24.6 Å². The molecule has 2 aromatic heterocycles. The molecule has 3 amide bonds. The summed E-state index contributed by atoms with van der Waals surface area (Å²) in [5.74, 6) is -0.963. The summed E-state index contributed by atoms with van der Waals surface area (Å²) in [7, 11) is 0. The van der Waals surface area contributed by atoms with Gasteiger partial charge in [0.15, 0.2) is 0 Å². The van der Waals surface area contributed by atoms with Crippen LogP contribution in [-0.4, -0.2) is 28.4 Å². The summed E-state index contributed by atoms with van der Waals surface area (Å²) >= 11 is 1.08. The normalized spacial score (nSPS) is 14.4. The van der Waals surface area contributed by atoms with E-state index in [1.807, 2.05) is 44.2 Å². The summed E-state index contributed by atoms with van der Waals surface area (Å²) in [6, 6.07) is 12.5. The van der Waals surface area contributed by atoms with Crippen molar-refractivity contribution in [2.24, 2.45) is 5.10 Å². The van der Waals surface area contributed by atoms with Gasteiger partial charge in [-0.05, 0) is 80.8 Å². The fourth-order valence-corrected chi connectivity index (χ4v) is 4.41. The molecule has 0 saturated carbocycles. The maximum Gasteiger partial charge on any atom is 0.282 e. The first-order valence-electron chi connectivity index (χ1n) is 11.3. The van der Waals surface area contributed by atoms with Crippen molar-refractivity contribution < 1.29 is 14.4 Å². The Morgan fingerprint density at radius 3 is 2.31 bits per heavy atom. The molecular formula is C26H26N6O3S. The van der Waals surface area contributed by atoms with E-state index in [1.54, 1.807) is 38.4 Å². The van der Waals surface area contributed by atoms with Gasteiger partial charge in [0.25, 0.3) is 17.7 Å². The number of hydrazine groups is 1. The van der Waals surface area contributed by atoms with E-state index in [0.29, 0.717) is 39.0 Å². The van der Waals surface area contributed by atoms with Gasteiger partial charge >= 0.3 is 0 Å². The highest BCUT2D eigenvalue weighted by molar-refractivity contribution is 7.15. The standard InChI is InChI=1S/C26H26N6O3S/c1-15-5-6-20(13-16(15)2)32-26(35)23(18(4)31-32)17(3)29-30-25(34)22-8-7-21(36-22)24(33)28-14-19-9-11-27-12-10-19/h5-13,29H,14H2,1-4H3,(H,28,33)(H,30,34)/b23-17-. The third-order valence-corrected chi connectivity index (χ3v) is 6.83. The molecule has 0 radical (unpaired) electrons. The Hall–Kier alpha value is -4.31. The minimum atomic E-state index is -0.417. The van der Waals surface area contributed by atoms with Crippen LogP contribution in [0.25, 0.3) is 0 Å². The van der Waals surface area contributed by atoms with Crippen molar-refractivity contribution in [2.45, 2.75) is 34.2 Å². The Labute approximate surface area is 212 Å². The maximum absolute atomic E-state index is 13.1. The summed E-state index contributed by atoms with van der Waals surface area (Å²) < 4.78 is 0. The topological polar surface area (TPSA) is 116 Å². The van der Waals surface area contributed by atoms with Crippen molar-refractivity contribution in [1.82, 2.24) is 21.2 Å². The van der Waals surface area contributed by atoms with Crippen LogP contribution in [0.3, 0.4) is 0 Å². The number of amides is 3. The molecule has 0 aliphatic carbocycles. The molecule has 3 aromatic rings. The van der Waals surface area contributed by atoms with E-state index in [9.17, 15) is 14.4 Å². The van der Waals surface area contributed by atoms with Gasteiger partial charge in [-0.1, -0.05) is 6.07 Å². The van der Waals surface area contributed by atoms with Gasteiger partial charge in [-0.25, -0.2) is 0 Å². The van der Waals surface area contributed by atoms with Crippen molar-refractivity contribution in [3.63, 3.8) is 0 Å². The van der Waals surface area contributed by atoms with E-state index < -0.39 is 5.91 Å². The zero-order valence-corrected chi connectivity index (χ0v) is 21.2. The Morgan fingerprint density at radius 2 is 1.61 bits per heavy atom. The highest BCUT2D eigenvalue weighted by atomic mass is 32.1. The minimum absolute atomic E-state index is 0.267. The third kappa shape index (κ3) is 5.33. The van der Waals surface area contributed by atoms with Crippen LogP contribution in [0.5, 0.6) is 0 Å². The number of hydrogen-bond donors (Lipinski definition) is 3. The number of pyridine rings is 1. The zero-order valence-electron chi connectivity index (χ0n) is 20.4. The highest BCUT2D eigenvalue weighted by Gasteiger charge is 2.31. The molecule has 3 N–H and O–H groups in total. The van der Waals surface area contributed by atoms with Crippen LogP contribution in [-0.2, 0) is 11.3 Å². The number of anilines is 1. The average Bonchev–Trinajstić information content (AvgIpc) is 3.48. The maximum atomic E-state index is 13.1. The number of thiophene rings is 1. The summed E-state index contributed by atoms with van der Waals surface area (Å²) in [4.78, 5) is 42.9. The molecular weight excluding hydrogens is 476 g/mol. The molecule has 0 spiro atoms. The van der Waals surface area contributed by atoms with Gasteiger partial charge in [-0.2, -0.15) is 10.1 Å². The monoisotopic (exact) mass is 502 g/mol. The quantitative estimate of drug-likeness (QED) is 0.337. The summed E-state index contributed by atoms with van der Waals surface area (Å²) in [5, 5.41) is 8.59. The number of aryl methyl sites for hydroxylation is 2. The van der Waals surface area contributed by atoms with Gasteiger partial charge in [0.2, 0.25) is 0 Å². The average molecular weight is 503 g/mol. The van der Waals surface area contributed by atoms with Crippen LogP contribution < -0.4 is 21.2 Å². The van der Waals surface area contributed by atoms with E-state index in [0.717, 1.165) is 28.0 Å². The summed E-state index contributed by atoms with van der Waals surface area (Å²) in [6.45, 7) is 7.80. The molecule has 0 atom stereocenters. The predicted molar refractivity (Wildman–Crippen MR) is 140 cm³/mol. The number of rotatable bonds is 7. The molecule has 1 aromatic carbocycles. The molecule has 9 nitrogen and oxygen atoms in total. The largest absolute Gasteiger partial charge is 0.347 e. The number of nitrogens with zero attached hydrogens (tertiary/aromatic N) is 3. The van der Waals surface area contributed by atoms with Gasteiger partial charge < -0.3 is 10.7 Å². The zero-order chi connectivity index (χ0) is 25.8. The van der Waals surface area contributed by atoms with Crippen molar-refractivity contribution in [1.29, 1.82) is 0 Å². The first-order chi connectivity index (χ1) is 17.2. The molecule has 0 fully saturated rings. The lowest BCUT2D eigenvalue weighted by atomic mass is 10.1. The van der Waals surface area contributed by atoms with E-state index in [-0.39, 0.29) is 11.8 Å². The second-order valence-corrected chi connectivity index (χ2v) is 9.44. The molecule has 3 heterocycles. The number of carbonyl (C=O) groups excluding carboxylic acids is 3. The van der Waals surface area contributed by atoms with Crippen LogP contribution in [0.4, 0.5) is 5.69 Å². The lowest BCUT2D eigenvalue weighted by molar-refractivity contribution is -0.114. The number of benzene rings is 1. The number of allylic oxidation sites excluding steroid dienone is 1. The minimum Gasteiger partial charge on any atom is -0.347 e. The van der Waals surface area contributed by atoms with E-state index in [2.05, 4.69) is 26.3 Å². The van der Waals surface area contributed by atoms with E-state index in [1.165, 1.54) is 5.01 Å². The molecule has 10 heteroatoms. The third-order valence-electron chi connectivity index (χ3n) is 5.75. The second-order valence-electron chi connectivity index (χ2n) is 8.35. The summed E-state index contributed by atoms with van der Waals surface area (Å²) in [5.41, 5.74) is 10.6. The van der Waals surface area contributed by atoms with Crippen LogP contribution in [0.15, 0.2) is 71.2 Å². The lowest BCUT2D eigenvalue weighted by Gasteiger charge is -2.14. The van der Waals surface area contributed by atoms with Crippen LogP contribution in [0.1, 0.15) is 49.9 Å². The fraction of sp³-hybridized carbons (Fsp3) is 0.192. The van der Waals surface area contributed by atoms with Crippen molar-refractivity contribution >= 4 is 40.5 Å². The molecule has 0 bridgehead atoms. The second kappa shape index (κ2) is 10.5. The molecule has 0 unspecified atom stereocenters. The number of hydrazone groups is 1. The van der Waals surface area contributed by atoms with Crippen LogP contribution >= 0.6 is 11.3 Å². The van der Waals surface area contributed by atoms with Gasteiger partial charge in [0.05, 0.1) is 26.7 Å². The molecule has 0 saturated heterocycles. The first-order valence-corrected chi connectivity index (χ1v) is 12.1. The van der Waals surface area contributed by atoms with Gasteiger partial charge in [0.1, 0.15) is 0 Å². The smallest absolute Gasteiger partial charge is 0.282 e. The van der Waals surface area contributed by atoms with Crippen LogP contribution in [0.2, 0.25) is 0 Å². The molecule has 1 aliphatic heterocycles. The van der Waals surface area contributed by atoms with Gasteiger partial charge in [-0.3, -0.25) is 24.8 Å². The van der Waals surface area contributed by atoms with Gasteiger partial charge in [-0.15, -0.1) is 11.3 Å². The first kappa shape index (κ1) is 24.8. The van der Waals surface area contributed by atoms with E-state index >= 15 is 0 Å². The Kier molecular flexibility index (Phi) is 7.25. The fourth-order valence-electron chi connectivity index (χ4n) is 3.60. The number of aromatic nitrogens is 1. The van der Waals surface area contributed by atoms with Crippen molar-refractivity contribution in [3.8, 4) is 0 Å². The van der Waals surface area contributed by atoms with Crippen LogP contribution in [0, 0.1) is 13.8 Å². The van der Waals surface area contributed by atoms with Crippen molar-refractivity contribution in [2.75, 3.05) is 5.01 Å². The highest BCUT2D eigenvalue weighted by Crippen LogP contribution is 2.26. The van der Waals surface area contributed by atoms with E-state index in [4.69, 9.17) is 0 Å². The predicted octanol–water partition coefficient (Wildman–Crippen LogP) is 3.62. The Morgan fingerprint density at radius 1 is 0.917 bits per heavy atom. The number of carbonyl (C=O) groups is 3. The molecule has 36 heavy (non-hydrogen) atoms.